The molecule has 0 saturated carbocycles. The van der Waals surface area contributed by atoms with E-state index in [1.807, 2.05) is 20.0 Å². The minimum absolute atomic E-state index is 0.762. The molecule has 2 aromatic rings. The Kier molecular flexibility index (Phi) is 5.50. The lowest BCUT2D eigenvalue weighted by Gasteiger charge is -2.18. The Morgan fingerprint density at radius 1 is 1.24 bits per heavy atom. The molecule has 0 unspecified atom stereocenters. The number of aromatic nitrogens is 3. The van der Waals surface area contributed by atoms with Crippen molar-refractivity contribution in [2.75, 3.05) is 23.8 Å². The first-order valence-corrected chi connectivity index (χ1v) is 8.24. The lowest BCUT2D eigenvalue weighted by molar-refractivity contribution is 0.807. The molecule has 0 spiro atoms. The highest BCUT2D eigenvalue weighted by molar-refractivity contribution is 7.09. The summed E-state index contributed by atoms with van der Waals surface area (Å²) in [6, 6.07) is 2.00. The molecule has 0 radical (unpaired) electrons. The summed E-state index contributed by atoms with van der Waals surface area (Å²) < 4.78 is 0. The van der Waals surface area contributed by atoms with Crippen LogP contribution in [-0.4, -0.2) is 28.5 Å². The SMILES string of the molecule is CCCc1nc(NCC)cc(N(C)Cc2csc(C)n2)n1. The second kappa shape index (κ2) is 7.36. The molecule has 0 amide bonds. The van der Waals surface area contributed by atoms with Gasteiger partial charge in [0.1, 0.15) is 17.5 Å². The summed E-state index contributed by atoms with van der Waals surface area (Å²) in [4.78, 5) is 15.8. The van der Waals surface area contributed by atoms with E-state index in [4.69, 9.17) is 0 Å². The van der Waals surface area contributed by atoms with Crippen molar-refractivity contribution in [1.29, 1.82) is 0 Å². The first-order chi connectivity index (χ1) is 10.1. The van der Waals surface area contributed by atoms with Gasteiger partial charge in [0, 0.05) is 31.5 Å². The molecule has 0 aliphatic heterocycles. The van der Waals surface area contributed by atoms with E-state index in [1.165, 1.54) is 0 Å². The van der Waals surface area contributed by atoms with Crippen molar-refractivity contribution >= 4 is 23.0 Å². The number of rotatable bonds is 7. The van der Waals surface area contributed by atoms with Crippen LogP contribution in [0.3, 0.4) is 0 Å². The Hall–Kier alpha value is -1.69. The zero-order valence-electron chi connectivity index (χ0n) is 13.2. The van der Waals surface area contributed by atoms with E-state index in [9.17, 15) is 0 Å². The third-order valence-electron chi connectivity index (χ3n) is 3.05. The molecule has 0 aliphatic rings. The van der Waals surface area contributed by atoms with Crippen LogP contribution < -0.4 is 10.2 Å². The Labute approximate surface area is 130 Å². The smallest absolute Gasteiger partial charge is 0.134 e. The van der Waals surface area contributed by atoms with E-state index in [1.54, 1.807) is 11.3 Å². The summed E-state index contributed by atoms with van der Waals surface area (Å²) in [5.41, 5.74) is 1.08. The van der Waals surface area contributed by atoms with Crippen molar-refractivity contribution in [3.05, 3.63) is 28.0 Å². The molecule has 6 heteroatoms. The number of thiazole rings is 1. The van der Waals surface area contributed by atoms with Gasteiger partial charge in [-0.2, -0.15) is 0 Å². The maximum atomic E-state index is 4.66. The summed E-state index contributed by atoms with van der Waals surface area (Å²) >= 11 is 1.68. The van der Waals surface area contributed by atoms with Gasteiger partial charge < -0.3 is 10.2 Å². The number of aryl methyl sites for hydroxylation is 2. The third kappa shape index (κ3) is 4.39. The standard InChI is InChI=1S/C15H23N5S/c1-5-7-13-18-14(16-6-2)8-15(19-13)20(4)9-12-10-21-11(3)17-12/h8,10H,5-7,9H2,1-4H3,(H,16,18,19). The topological polar surface area (TPSA) is 53.9 Å². The van der Waals surface area contributed by atoms with Gasteiger partial charge >= 0.3 is 0 Å². The quantitative estimate of drug-likeness (QED) is 0.851. The summed E-state index contributed by atoms with van der Waals surface area (Å²) in [7, 11) is 2.04. The van der Waals surface area contributed by atoms with Gasteiger partial charge in [0.15, 0.2) is 0 Å². The molecule has 2 rings (SSSR count). The molecule has 0 fully saturated rings. The zero-order valence-corrected chi connectivity index (χ0v) is 14.0. The summed E-state index contributed by atoms with van der Waals surface area (Å²) in [5, 5.41) is 6.48. The van der Waals surface area contributed by atoms with Crippen LogP contribution in [0.4, 0.5) is 11.6 Å². The third-order valence-corrected chi connectivity index (χ3v) is 3.87. The molecular weight excluding hydrogens is 282 g/mol. The molecule has 2 heterocycles. The maximum Gasteiger partial charge on any atom is 0.134 e. The second-order valence-electron chi connectivity index (χ2n) is 5.02. The lowest BCUT2D eigenvalue weighted by atomic mass is 10.3. The van der Waals surface area contributed by atoms with E-state index >= 15 is 0 Å². The monoisotopic (exact) mass is 305 g/mol. The predicted octanol–water partition coefficient (Wildman–Crippen LogP) is 3.26. The maximum absolute atomic E-state index is 4.66. The highest BCUT2D eigenvalue weighted by Gasteiger charge is 2.10. The Morgan fingerprint density at radius 2 is 2.05 bits per heavy atom. The number of nitrogens with zero attached hydrogens (tertiary/aromatic N) is 4. The molecule has 0 aromatic carbocycles. The highest BCUT2D eigenvalue weighted by Crippen LogP contribution is 2.18. The van der Waals surface area contributed by atoms with E-state index < -0.39 is 0 Å². The van der Waals surface area contributed by atoms with Crippen LogP contribution >= 0.6 is 11.3 Å². The first-order valence-electron chi connectivity index (χ1n) is 7.36. The molecule has 0 aliphatic carbocycles. The fraction of sp³-hybridized carbons (Fsp3) is 0.533. The van der Waals surface area contributed by atoms with Crippen LogP contribution in [0.1, 0.15) is 36.8 Å². The van der Waals surface area contributed by atoms with Crippen LogP contribution in [0, 0.1) is 6.92 Å². The summed E-state index contributed by atoms with van der Waals surface area (Å²) in [5.74, 6) is 2.73. The van der Waals surface area contributed by atoms with Gasteiger partial charge in [-0.1, -0.05) is 6.92 Å². The Balaban J connectivity index is 2.19. The molecular formula is C15H23N5S. The fourth-order valence-corrected chi connectivity index (χ4v) is 2.69. The number of hydrogen-bond donors (Lipinski definition) is 1. The van der Waals surface area contributed by atoms with Crippen molar-refractivity contribution in [2.45, 2.75) is 40.2 Å². The van der Waals surface area contributed by atoms with E-state index in [-0.39, 0.29) is 0 Å². The second-order valence-corrected chi connectivity index (χ2v) is 6.08. The van der Waals surface area contributed by atoms with Gasteiger partial charge in [-0.05, 0) is 20.3 Å². The van der Waals surface area contributed by atoms with Gasteiger partial charge in [0.2, 0.25) is 0 Å². The Morgan fingerprint density at radius 3 is 2.67 bits per heavy atom. The first kappa shape index (κ1) is 15.7. The fourth-order valence-electron chi connectivity index (χ4n) is 2.09. The van der Waals surface area contributed by atoms with E-state index in [2.05, 4.69) is 44.4 Å². The summed E-state index contributed by atoms with van der Waals surface area (Å²) in [6.07, 6.45) is 1.94. The normalized spacial score (nSPS) is 10.7. The largest absolute Gasteiger partial charge is 0.370 e. The van der Waals surface area contributed by atoms with Crippen molar-refractivity contribution in [1.82, 2.24) is 15.0 Å². The molecule has 0 bridgehead atoms. The van der Waals surface area contributed by atoms with Crippen molar-refractivity contribution < 1.29 is 0 Å². The summed E-state index contributed by atoms with van der Waals surface area (Å²) in [6.45, 7) is 7.87. The van der Waals surface area contributed by atoms with Gasteiger partial charge in [-0.15, -0.1) is 11.3 Å². The minimum atomic E-state index is 0.762. The van der Waals surface area contributed by atoms with Crippen molar-refractivity contribution in [3.8, 4) is 0 Å². The average Bonchev–Trinajstić information content (AvgIpc) is 2.84. The molecule has 1 N–H and O–H groups in total. The number of hydrogen-bond acceptors (Lipinski definition) is 6. The van der Waals surface area contributed by atoms with E-state index in [0.717, 1.165) is 54.1 Å². The minimum Gasteiger partial charge on any atom is -0.370 e. The van der Waals surface area contributed by atoms with Gasteiger partial charge in [-0.3, -0.25) is 0 Å². The van der Waals surface area contributed by atoms with Crippen molar-refractivity contribution in [3.63, 3.8) is 0 Å². The van der Waals surface area contributed by atoms with Crippen LogP contribution in [0.25, 0.3) is 0 Å². The highest BCUT2D eigenvalue weighted by atomic mass is 32.1. The van der Waals surface area contributed by atoms with Crippen LogP contribution in [0.2, 0.25) is 0 Å². The van der Waals surface area contributed by atoms with Crippen LogP contribution in [-0.2, 0) is 13.0 Å². The number of anilines is 2. The van der Waals surface area contributed by atoms with Gasteiger partial charge in [-0.25, -0.2) is 15.0 Å². The molecule has 5 nitrogen and oxygen atoms in total. The Bertz CT molecular complexity index is 557. The van der Waals surface area contributed by atoms with Crippen LogP contribution in [0.5, 0.6) is 0 Å². The molecule has 2 aromatic heterocycles. The molecule has 0 saturated heterocycles. The molecule has 114 valence electrons. The molecule has 21 heavy (non-hydrogen) atoms. The number of nitrogens with one attached hydrogen (secondary N) is 1. The molecule has 0 atom stereocenters. The predicted molar refractivity (Wildman–Crippen MR) is 89.1 cm³/mol. The zero-order chi connectivity index (χ0) is 15.2. The van der Waals surface area contributed by atoms with Crippen LogP contribution in [0.15, 0.2) is 11.4 Å². The van der Waals surface area contributed by atoms with Gasteiger partial charge in [0.25, 0.3) is 0 Å². The van der Waals surface area contributed by atoms with E-state index in [0.29, 0.717) is 0 Å². The van der Waals surface area contributed by atoms with Crippen molar-refractivity contribution in [2.24, 2.45) is 0 Å². The van der Waals surface area contributed by atoms with Gasteiger partial charge in [0.05, 0.1) is 17.2 Å². The average molecular weight is 305 g/mol. The lowest BCUT2D eigenvalue weighted by Crippen LogP contribution is -2.19.